The molecule has 0 heterocycles. The summed E-state index contributed by atoms with van der Waals surface area (Å²) >= 11 is 0. The van der Waals surface area contributed by atoms with Gasteiger partial charge < -0.3 is 15.5 Å². The first kappa shape index (κ1) is 24.7. The van der Waals surface area contributed by atoms with Crippen LogP contribution in [0.4, 0.5) is 0 Å². The molecule has 4 nitrogen and oxygen atoms in total. The zero-order valence-electron chi connectivity index (χ0n) is 18.2. The van der Waals surface area contributed by atoms with Crippen LogP contribution in [-0.2, 0) is 6.42 Å². The molecule has 0 aromatic heterocycles. The quantitative estimate of drug-likeness (QED) is 0.495. The fourth-order valence-corrected chi connectivity index (χ4v) is 2.88. The van der Waals surface area contributed by atoms with Gasteiger partial charge in [0, 0.05) is 12.1 Å². The molecule has 1 unspecified atom stereocenters. The van der Waals surface area contributed by atoms with Crippen LogP contribution < -0.4 is 5.32 Å². The number of rotatable bonds is 10. The van der Waals surface area contributed by atoms with Crippen LogP contribution in [0.2, 0.25) is 0 Å². The lowest BCUT2D eigenvalue weighted by molar-refractivity contribution is 0.0250. The van der Waals surface area contributed by atoms with E-state index in [2.05, 4.69) is 49.5 Å². The van der Waals surface area contributed by atoms with Crippen molar-refractivity contribution in [1.82, 2.24) is 5.32 Å². The molecule has 4 heteroatoms. The van der Waals surface area contributed by atoms with Crippen molar-refractivity contribution in [2.75, 3.05) is 6.54 Å². The lowest BCUT2D eigenvalue weighted by Gasteiger charge is -2.27. The number of amides is 1. The standard InChI is InChI=1S/C15H23NO3.C10H14/c1-3-5-10-15(19,4-2)11-16-14(18)12-6-8-13(17)9-7-12;1-2-3-7-10-8-5-4-6-9-10/h6-9,17,19H,3-5,10-11H2,1-2H3,(H,16,18);4-6,8-9H,2-3,7H2,1H3. The van der Waals surface area contributed by atoms with Crippen LogP contribution in [-0.4, -0.2) is 28.3 Å². The molecule has 0 aliphatic carbocycles. The summed E-state index contributed by atoms with van der Waals surface area (Å²) in [5.74, 6) is -0.104. The summed E-state index contributed by atoms with van der Waals surface area (Å²) in [4.78, 5) is 11.9. The highest BCUT2D eigenvalue weighted by Crippen LogP contribution is 2.18. The van der Waals surface area contributed by atoms with Gasteiger partial charge >= 0.3 is 0 Å². The van der Waals surface area contributed by atoms with Gasteiger partial charge in [0.25, 0.3) is 5.91 Å². The fraction of sp³-hybridized carbons (Fsp3) is 0.480. The second-order valence-electron chi connectivity index (χ2n) is 7.50. The van der Waals surface area contributed by atoms with Crippen LogP contribution in [0.3, 0.4) is 0 Å². The van der Waals surface area contributed by atoms with Gasteiger partial charge in [-0.2, -0.15) is 0 Å². The summed E-state index contributed by atoms with van der Waals surface area (Å²) in [6.45, 7) is 6.47. The Labute approximate surface area is 176 Å². The van der Waals surface area contributed by atoms with Crippen LogP contribution in [0, 0.1) is 0 Å². The van der Waals surface area contributed by atoms with E-state index in [1.807, 2.05) is 6.92 Å². The molecule has 0 bridgehead atoms. The summed E-state index contributed by atoms with van der Waals surface area (Å²) in [5, 5.41) is 22.2. The van der Waals surface area contributed by atoms with Gasteiger partial charge in [-0.25, -0.2) is 0 Å². The predicted molar refractivity (Wildman–Crippen MR) is 120 cm³/mol. The summed E-state index contributed by atoms with van der Waals surface area (Å²) in [6.07, 6.45) is 7.10. The van der Waals surface area contributed by atoms with Gasteiger partial charge in [-0.15, -0.1) is 0 Å². The Hall–Kier alpha value is -2.33. The number of phenolic OH excluding ortho intramolecular Hbond substituents is 1. The minimum Gasteiger partial charge on any atom is -0.508 e. The monoisotopic (exact) mass is 399 g/mol. The van der Waals surface area contributed by atoms with Crippen molar-refractivity contribution in [2.45, 2.75) is 71.3 Å². The molecular formula is C25H37NO3. The van der Waals surface area contributed by atoms with E-state index < -0.39 is 5.60 Å². The maximum atomic E-state index is 11.9. The molecule has 2 aromatic carbocycles. The van der Waals surface area contributed by atoms with Gasteiger partial charge in [0.05, 0.1) is 5.60 Å². The number of hydrogen-bond acceptors (Lipinski definition) is 3. The van der Waals surface area contributed by atoms with E-state index in [0.717, 1.165) is 12.8 Å². The summed E-state index contributed by atoms with van der Waals surface area (Å²) in [7, 11) is 0. The van der Waals surface area contributed by atoms with Gasteiger partial charge in [-0.1, -0.05) is 70.4 Å². The van der Waals surface area contributed by atoms with Crippen LogP contribution in [0.15, 0.2) is 54.6 Å². The Kier molecular flexibility index (Phi) is 11.7. The summed E-state index contributed by atoms with van der Waals surface area (Å²) in [6, 6.07) is 16.7. The zero-order valence-corrected chi connectivity index (χ0v) is 18.2. The molecule has 0 fully saturated rings. The van der Waals surface area contributed by atoms with Crippen LogP contribution in [0.5, 0.6) is 5.75 Å². The molecular weight excluding hydrogens is 362 g/mol. The second-order valence-corrected chi connectivity index (χ2v) is 7.50. The van der Waals surface area contributed by atoms with Crippen molar-refractivity contribution >= 4 is 5.91 Å². The maximum absolute atomic E-state index is 11.9. The number of carbonyl (C=O) groups excluding carboxylic acids is 1. The van der Waals surface area contributed by atoms with Crippen molar-refractivity contribution in [2.24, 2.45) is 0 Å². The van der Waals surface area contributed by atoms with Crippen LogP contribution in [0.1, 0.15) is 75.2 Å². The number of unbranched alkanes of at least 4 members (excludes halogenated alkanes) is 2. The van der Waals surface area contributed by atoms with Crippen LogP contribution >= 0.6 is 0 Å². The van der Waals surface area contributed by atoms with E-state index in [-0.39, 0.29) is 18.2 Å². The van der Waals surface area contributed by atoms with Crippen molar-refractivity contribution in [3.63, 3.8) is 0 Å². The van der Waals surface area contributed by atoms with Crippen molar-refractivity contribution in [1.29, 1.82) is 0 Å². The Bertz CT molecular complexity index is 685. The molecule has 3 N–H and O–H groups in total. The second kappa shape index (κ2) is 13.8. The number of phenols is 1. The molecule has 2 aromatic rings. The first-order chi connectivity index (χ1) is 13.9. The molecule has 1 amide bonds. The average molecular weight is 400 g/mol. The largest absolute Gasteiger partial charge is 0.508 e. The van der Waals surface area contributed by atoms with Crippen molar-refractivity contribution in [3.05, 3.63) is 65.7 Å². The van der Waals surface area contributed by atoms with Crippen molar-refractivity contribution < 1.29 is 15.0 Å². The van der Waals surface area contributed by atoms with Gasteiger partial charge in [-0.3, -0.25) is 4.79 Å². The average Bonchev–Trinajstić information content (AvgIpc) is 2.76. The molecule has 2 rings (SSSR count). The third-order valence-electron chi connectivity index (χ3n) is 5.02. The smallest absolute Gasteiger partial charge is 0.251 e. The number of carbonyl (C=O) groups is 1. The minimum absolute atomic E-state index is 0.129. The summed E-state index contributed by atoms with van der Waals surface area (Å²) < 4.78 is 0. The molecule has 0 aliphatic rings. The predicted octanol–water partition coefficient (Wildman–Crippen LogP) is 5.48. The summed E-state index contributed by atoms with van der Waals surface area (Å²) in [5.41, 5.74) is 1.11. The number of benzene rings is 2. The van der Waals surface area contributed by atoms with Crippen molar-refractivity contribution in [3.8, 4) is 5.75 Å². The molecule has 29 heavy (non-hydrogen) atoms. The zero-order chi connectivity index (χ0) is 21.5. The first-order valence-electron chi connectivity index (χ1n) is 10.8. The van der Waals surface area contributed by atoms with Gasteiger partial charge in [0.15, 0.2) is 0 Å². The highest BCUT2D eigenvalue weighted by Gasteiger charge is 2.24. The molecule has 0 spiro atoms. The molecule has 0 radical (unpaired) electrons. The Morgan fingerprint density at radius 2 is 1.55 bits per heavy atom. The maximum Gasteiger partial charge on any atom is 0.251 e. The molecule has 160 valence electrons. The third-order valence-corrected chi connectivity index (χ3v) is 5.02. The lowest BCUT2D eigenvalue weighted by atomic mass is 9.93. The molecule has 0 saturated carbocycles. The molecule has 1 atom stereocenters. The number of aliphatic hydroxyl groups is 1. The van der Waals surface area contributed by atoms with Gasteiger partial charge in [-0.05, 0) is 55.5 Å². The van der Waals surface area contributed by atoms with E-state index in [9.17, 15) is 9.90 Å². The third kappa shape index (κ3) is 10.1. The SMILES string of the molecule is CCCCC(O)(CC)CNC(=O)c1ccc(O)cc1.CCCCc1ccccc1. The number of aromatic hydroxyl groups is 1. The van der Waals surface area contributed by atoms with E-state index in [1.54, 1.807) is 12.1 Å². The molecule has 0 saturated heterocycles. The van der Waals surface area contributed by atoms with E-state index >= 15 is 0 Å². The van der Waals surface area contributed by atoms with Gasteiger partial charge in [0.2, 0.25) is 0 Å². The highest BCUT2D eigenvalue weighted by molar-refractivity contribution is 5.94. The Morgan fingerprint density at radius 1 is 0.931 bits per heavy atom. The molecule has 0 aliphatic heterocycles. The highest BCUT2D eigenvalue weighted by atomic mass is 16.3. The number of nitrogens with one attached hydrogen (secondary N) is 1. The minimum atomic E-state index is -0.831. The van der Waals surface area contributed by atoms with E-state index in [1.165, 1.54) is 37.0 Å². The first-order valence-corrected chi connectivity index (χ1v) is 10.8. The fourth-order valence-electron chi connectivity index (χ4n) is 2.88. The lowest BCUT2D eigenvalue weighted by Crippen LogP contribution is -2.42. The topological polar surface area (TPSA) is 69.6 Å². The Morgan fingerprint density at radius 3 is 2.10 bits per heavy atom. The number of hydrogen-bond donors (Lipinski definition) is 3. The van der Waals surface area contributed by atoms with E-state index in [0.29, 0.717) is 18.4 Å². The number of aryl methyl sites for hydroxylation is 1. The van der Waals surface area contributed by atoms with E-state index in [4.69, 9.17) is 5.11 Å². The Balaban J connectivity index is 0.000000352. The van der Waals surface area contributed by atoms with Gasteiger partial charge in [0.1, 0.15) is 5.75 Å². The van der Waals surface area contributed by atoms with Crippen LogP contribution in [0.25, 0.3) is 0 Å². The normalized spacial score (nSPS) is 12.4.